The molecule has 0 saturated heterocycles. The molecule has 0 N–H and O–H groups in total. The third-order valence-electron chi connectivity index (χ3n) is 3.44. The molecule has 0 amide bonds. The fourth-order valence-corrected chi connectivity index (χ4v) is 4.18. The first-order valence-electron chi connectivity index (χ1n) is 6.98. The van der Waals surface area contributed by atoms with Crippen molar-refractivity contribution in [1.82, 2.24) is 0 Å². The van der Waals surface area contributed by atoms with Gasteiger partial charge in [-0.05, 0) is 0 Å². The molecule has 0 unspecified atom stereocenters. The molecule has 0 aliphatic carbocycles. The van der Waals surface area contributed by atoms with E-state index in [1.165, 1.54) is 25.4 Å². The van der Waals surface area contributed by atoms with Crippen LogP contribution in [0.3, 0.4) is 0 Å². The van der Waals surface area contributed by atoms with Crippen molar-refractivity contribution < 1.29 is 0 Å². The monoisotopic (exact) mass is 463 g/mol. The Morgan fingerprint density at radius 1 is 0.476 bits per heavy atom. The van der Waals surface area contributed by atoms with Crippen LogP contribution in [-0.4, -0.2) is 25.8 Å². The Hall–Kier alpha value is -1.68. The van der Waals surface area contributed by atoms with Crippen LogP contribution in [0.25, 0.3) is 8.71 Å². The summed E-state index contributed by atoms with van der Waals surface area (Å²) in [5.41, 5.74) is 5.26. The Bertz CT molecular complexity index is 687. The van der Waals surface area contributed by atoms with Gasteiger partial charge in [-0.25, -0.2) is 0 Å². The first kappa shape index (κ1) is 14.3. The second-order valence-corrected chi connectivity index (χ2v) is 6.79. The standard InChI is InChI=1S/C20H15.Pb/c1-4-10-17(11-5-1)16-20(18-12-6-2-7-13-18)19-14-8-3-9-15-19;/h1-15H;. The average molecular weight is 463 g/mol. The molecule has 0 aliphatic heterocycles. The van der Waals surface area contributed by atoms with Crippen LogP contribution >= 0.6 is 0 Å². The van der Waals surface area contributed by atoms with Gasteiger partial charge >= 0.3 is 142 Å². The van der Waals surface area contributed by atoms with Crippen LogP contribution < -0.4 is 0 Å². The summed E-state index contributed by atoms with van der Waals surface area (Å²) in [5, 5.41) is 0. The van der Waals surface area contributed by atoms with E-state index in [4.69, 9.17) is 0 Å². The third-order valence-corrected chi connectivity index (χ3v) is 5.53. The molecule has 0 saturated carbocycles. The Labute approximate surface area is 141 Å². The minimum absolute atomic E-state index is 1.01. The number of benzene rings is 3. The van der Waals surface area contributed by atoms with E-state index < -0.39 is 0 Å². The van der Waals surface area contributed by atoms with Gasteiger partial charge < -0.3 is 0 Å². The average Bonchev–Trinajstić information content (AvgIpc) is 2.58. The van der Waals surface area contributed by atoms with Gasteiger partial charge in [-0.1, -0.05) is 0 Å². The molecule has 0 heterocycles. The summed E-state index contributed by atoms with van der Waals surface area (Å²) in [4.78, 5) is 0. The molecule has 0 spiro atoms. The maximum absolute atomic E-state index is 2.20. The van der Waals surface area contributed by atoms with E-state index in [2.05, 4.69) is 91.0 Å². The first-order chi connectivity index (χ1) is 10.4. The normalized spacial score (nSPS) is 10.1. The molecule has 1 heteroatoms. The summed E-state index contributed by atoms with van der Waals surface area (Å²) in [5.74, 6) is 0. The van der Waals surface area contributed by atoms with E-state index in [1.807, 2.05) is 0 Å². The van der Waals surface area contributed by atoms with Crippen molar-refractivity contribution in [3.05, 3.63) is 108 Å². The molecule has 21 heavy (non-hydrogen) atoms. The van der Waals surface area contributed by atoms with E-state index >= 15 is 0 Å². The van der Waals surface area contributed by atoms with Gasteiger partial charge in [0.15, 0.2) is 0 Å². The van der Waals surface area contributed by atoms with E-state index in [0.717, 1.165) is 25.8 Å². The van der Waals surface area contributed by atoms with Crippen LogP contribution in [0.5, 0.6) is 0 Å². The van der Waals surface area contributed by atoms with E-state index in [0.29, 0.717) is 0 Å². The molecule has 0 fully saturated rings. The zero-order chi connectivity index (χ0) is 14.5. The van der Waals surface area contributed by atoms with Gasteiger partial charge in [-0.2, -0.15) is 0 Å². The van der Waals surface area contributed by atoms with Crippen LogP contribution in [0.2, 0.25) is 0 Å². The van der Waals surface area contributed by atoms with E-state index in [9.17, 15) is 0 Å². The van der Waals surface area contributed by atoms with Gasteiger partial charge in [0.2, 0.25) is 0 Å². The van der Waals surface area contributed by atoms with E-state index in [1.54, 1.807) is 0 Å². The van der Waals surface area contributed by atoms with Gasteiger partial charge in [0.05, 0.1) is 0 Å². The van der Waals surface area contributed by atoms with Crippen molar-refractivity contribution in [2.75, 3.05) is 0 Å². The number of hydrogen-bond donors (Lipinski definition) is 0. The Balaban J connectivity index is 2.22. The Morgan fingerprint density at radius 2 is 0.810 bits per heavy atom. The number of rotatable bonds is 3. The summed E-state index contributed by atoms with van der Waals surface area (Å²) < 4.78 is 1.44. The van der Waals surface area contributed by atoms with Crippen molar-refractivity contribution in [2.24, 2.45) is 0 Å². The fraction of sp³-hybridized carbons (Fsp3) is 0. The van der Waals surface area contributed by atoms with Crippen molar-refractivity contribution in [1.29, 1.82) is 0 Å². The quantitative estimate of drug-likeness (QED) is 0.389. The van der Waals surface area contributed by atoms with Crippen LogP contribution in [0.15, 0.2) is 91.0 Å². The molecular weight excluding hydrogens is 447 g/mol. The topological polar surface area (TPSA) is 0 Å². The minimum atomic E-state index is 1.01. The number of hydrogen-bond acceptors (Lipinski definition) is 0. The molecule has 3 aromatic carbocycles. The van der Waals surface area contributed by atoms with Crippen molar-refractivity contribution in [3.63, 3.8) is 0 Å². The summed E-state index contributed by atoms with van der Waals surface area (Å²) in [6.07, 6.45) is 0. The van der Waals surface area contributed by atoms with Crippen molar-refractivity contribution >= 4 is 34.5 Å². The third kappa shape index (κ3) is 3.32. The molecule has 3 aromatic rings. The molecular formula is C20H15Pb. The predicted molar refractivity (Wildman–Crippen MR) is 91.0 cm³/mol. The van der Waals surface area contributed by atoms with Crippen molar-refractivity contribution in [2.45, 2.75) is 0 Å². The van der Waals surface area contributed by atoms with Crippen LogP contribution in [-0.2, 0) is 0 Å². The fourth-order valence-electron chi connectivity index (χ4n) is 2.41. The maximum atomic E-state index is 2.20. The van der Waals surface area contributed by atoms with Crippen molar-refractivity contribution in [3.8, 4) is 0 Å². The summed E-state index contributed by atoms with van der Waals surface area (Å²) in [6.45, 7) is 0. The van der Waals surface area contributed by atoms with Gasteiger partial charge in [0, 0.05) is 0 Å². The predicted octanol–water partition coefficient (Wildman–Crippen LogP) is 4.77. The van der Waals surface area contributed by atoms with Crippen LogP contribution in [0.1, 0.15) is 16.7 Å². The second-order valence-electron chi connectivity index (χ2n) is 4.85. The molecule has 0 aliphatic rings. The van der Waals surface area contributed by atoms with E-state index in [-0.39, 0.29) is 0 Å². The van der Waals surface area contributed by atoms with Gasteiger partial charge in [0.1, 0.15) is 0 Å². The zero-order valence-electron chi connectivity index (χ0n) is 11.7. The summed E-state index contributed by atoms with van der Waals surface area (Å²) in [6, 6.07) is 32.1. The molecule has 0 nitrogen and oxygen atoms in total. The molecule has 0 aromatic heterocycles. The molecule has 0 atom stereocenters. The molecule has 0 bridgehead atoms. The summed E-state index contributed by atoms with van der Waals surface area (Å²) >= 11 is 1.01. The molecule has 99 valence electrons. The van der Waals surface area contributed by atoms with Gasteiger partial charge in [0.25, 0.3) is 0 Å². The molecule has 3 radical (unpaired) electrons. The zero-order valence-corrected chi connectivity index (χ0v) is 15.5. The molecule has 3 rings (SSSR count). The van der Waals surface area contributed by atoms with Gasteiger partial charge in [-0.3, -0.25) is 0 Å². The van der Waals surface area contributed by atoms with Gasteiger partial charge in [-0.15, -0.1) is 0 Å². The summed E-state index contributed by atoms with van der Waals surface area (Å²) in [7, 11) is 0. The first-order valence-corrected chi connectivity index (χ1v) is 8.93. The van der Waals surface area contributed by atoms with Crippen LogP contribution in [0.4, 0.5) is 0 Å². The van der Waals surface area contributed by atoms with Crippen LogP contribution in [0, 0.1) is 0 Å². The second kappa shape index (κ2) is 6.85. The SMILES string of the molecule is [Pb][C](=C(c1ccccc1)c1ccccc1)c1ccccc1. The Kier molecular flexibility index (Phi) is 4.66. The Morgan fingerprint density at radius 3 is 1.19 bits per heavy atom.